The SMILES string of the molecule is Cc1ccc(C2=NC(c3ccc(C)cc3)N=C(c3cnc(C)nc3)N2)cc1. The van der Waals surface area contributed by atoms with Gasteiger partial charge in [0.15, 0.2) is 6.17 Å². The van der Waals surface area contributed by atoms with Crippen LogP contribution in [0, 0.1) is 20.8 Å². The Morgan fingerprint density at radius 2 is 1.19 bits per heavy atom. The molecule has 4 rings (SSSR count). The molecule has 0 radical (unpaired) electrons. The van der Waals surface area contributed by atoms with Crippen molar-refractivity contribution in [1.29, 1.82) is 0 Å². The molecule has 5 heteroatoms. The van der Waals surface area contributed by atoms with Crippen molar-refractivity contribution in [3.05, 3.63) is 94.6 Å². The van der Waals surface area contributed by atoms with Crippen LogP contribution in [0.3, 0.4) is 0 Å². The van der Waals surface area contributed by atoms with Crippen LogP contribution >= 0.6 is 0 Å². The van der Waals surface area contributed by atoms with Crippen molar-refractivity contribution < 1.29 is 0 Å². The molecule has 1 aromatic heterocycles. The highest BCUT2D eigenvalue weighted by atomic mass is 15.2. The Morgan fingerprint density at radius 3 is 1.78 bits per heavy atom. The zero-order chi connectivity index (χ0) is 18.8. The summed E-state index contributed by atoms with van der Waals surface area (Å²) in [5.41, 5.74) is 5.35. The van der Waals surface area contributed by atoms with Gasteiger partial charge in [0, 0.05) is 18.0 Å². The first-order valence-electron chi connectivity index (χ1n) is 8.94. The monoisotopic (exact) mass is 355 g/mol. The molecule has 2 aromatic carbocycles. The van der Waals surface area contributed by atoms with Crippen LogP contribution in [0.4, 0.5) is 0 Å². The molecule has 2 heterocycles. The summed E-state index contributed by atoms with van der Waals surface area (Å²) < 4.78 is 0. The zero-order valence-electron chi connectivity index (χ0n) is 15.6. The molecule has 1 N–H and O–H groups in total. The molecule has 0 bridgehead atoms. The van der Waals surface area contributed by atoms with Crippen LogP contribution in [0.2, 0.25) is 0 Å². The lowest BCUT2D eigenvalue weighted by Crippen LogP contribution is -2.36. The number of aryl methyl sites for hydroxylation is 3. The number of hydrogen-bond donors (Lipinski definition) is 1. The number of nitrogens with zero attached hydrogens (tertiary/aromatic N) is 4. The number of nitrogens with one attached hydrogen (secondary N) is 1. The Labute approximate surface area is 159 Å². The molecule has 1 unspecified atom stereocenters. The molecular formula is C22H21N5. The first-order chi connectivity index (χ1) is 13.1. The molecule has 0 aliphatic carbocycles. The lowest BCUT2D eigenvalue weighted by molar-refractivity contribution is 0.755. The maximum atomic E-state index is 4.85. The normalized spacial score (nSPS) is 16.3. The summed E-state index contributed by atoms with van der Waals surface area (Å²) in [7, 11) is 0. The van der Waals surface area contributed by atoms with Crippen LogP contribution in [-0.4, -0.2) is 21.6 Å². The van der Waals surface area contributed by atoms with E-state index in [0.717, 1.165) is 34.2 Å². The van der Waals surface area contributed by atoms with E-state index in [1.165, 1.54) is 11.1 Å². The summed E-state index contributed by atoms with van der Waals surface area (Å²) in [6.07, 6.45) is 3.27. The highest BCUT2D eigenvalue weighted by molar-refractivity contribution is 6.15. The third-order valence-corrected chi connectivity index (χ3v) is 4.49. The fraction of sp³-hybridized carbons (Fsp3) is 0.182. The molecule has 134 valence electrons. The van der Waals surface area contributed by atoms with E-state index < -0.39 is 0 Å². The van der Waals surface area contributed by atoms with Gasteiger partial charge >= 0.3 is 0 Å². The molecule has 1 aliphatic heterocycles. The first-order valence-corrected chi connectivity index (χ1v) is 8.94. The average Bonchev–Trinajstić information content (AvgIpc) is 2.69. The lowest BCUT2D eigenvalue weighted by Gasteiger charge is -2.22. The van der Waals surface area contributed by atoms with Crippen molar-refractivity contribution in [1.82, 2.24) is 15.3 Å². The van der Waals surface area contributed by atoms with Crippen molar-refractivity contribution in [2.45, 2.75) is 26.9 Å². The molecule has 0 fully saturated rings. The summed E-state index contributed by atoms with van der Waals surface area (Å²) in [5.74, 6) is 2.26. The molecule has 0 saturated carbocycles. The second kappa shape index (κ2) is 7.11. The van der Waals surface area contributed by atoms with Gasteiger partial charge in [-0.25, -0.2) is 20.0 Å². The molecule has 1 atom stereocenters. The minimum Gasteiger partial charge on any atom is -0.324 e. The summed E-state index contributed by atoms with van der Waals surface area (Å²) >= 11 is 0. The van der Waals surface area contributed by atoms with E-state index >= 15 is 0 Å². The van der Waals surface area contributed by atoms with Gasteiger partial charge in [-0.1, -0.05) is 59.7 Å². The van der Waals surface area contributed by atoms with Gasteiger partial charge in [0.05, 0.1) is 5.56 Å². The van der Waals surface area contributed by atoms with E-state index in [9.17, 15) is 0 Å². The Hall–Kier alpha value is -3.34. The molecular weight excluding hydrogens is 334 g/mol. The van der Waals surface area contributed by atoms with Crippen LogP contribution in [0.1, 0.15) is 39.8 Å². The number of aliphatic imine (C=N–C) groups is 2. The highest BCUT2D eigenvalue weighted by Crippen LogP contribution is 2.24. The van der Waals surface area contributed by atoms with Gasteiger partial charge in [-0.3, -0.25) is 0 Å². The Kier molecular flexibility index (Phi) is 4.50. The number of amidine groups is 2. The van der Waals surface area contributed by atoms with Crippen LogP contribution in [0.5, 0.6) is 0 Å². The molecule has 3 aromatic rings. The summed E-state index contributed by atoms with van der Waals surface area (Å²) in [6, 6.07) is 16.6. The fourth-order valence-electron chi connectivity index (χ4n) is 2.86. The van der Waals surface area contributed by atoms with Gasteiger partial charge in [-0.2, -0.15) is 0 Å². The summed E-state index contributed by atoms with van der Waals surface area (Å²) in [4.78, 5) is 18.3. The minimum atomic E-state index is -0.306. The maximum Gasteiger partial charge on any atom is 0.169 e. The van der Waals surface area contributed by atoms with Gasteiger partial charge in [-0.05, 0) is 26.3 Å². The number of aromatic nitrogens is 2. The highest BCUT2D eigenvalue weighted by Gasteiger charge is 2.20. The average molecular weight is 355 g/mol. The van der Waals surface area contributed by atoms with E-state index in [1.807, 2.05) is 6.92 Å². The van der Waals surface area contributed by atoms with Crippen molar-refractivity contribution in [2.24, 2.45) is 9.98 Å². The molecule has 0 spiro atoms. The van der Waals surface area contributed by atoms with Crippen molar-refractivity contribution in [3.63, 3.8) is 0 Å². The van der Waals surface area contributed by atoms with Crippen molar-refractivity contribution in [2.75, 3.05) is 0 Å². The van der Waals surface area contributed by atoms with Gasteiger partial charge in [-0.15, -0.1) is 0 Å². The lowest BCUT2D eigenvalue weighted by atomic mass is 10.1. The molecule has 1 aliphatic rings. The summed E-state index contributed by atoms with van der Waals surface area (Å²) in [5, 5.41) is 3.36. The summed E-state index contributed by atoms with van der Waals surface area (Å²) in [6.45, 7) is 6.02. The Bertz CT molecular complexity index is 939. The number of benzene rings is 2. The number of hydrogen-bond acceptors (Lipinski definition) is 5. The van der Waals surface area contributed by atoms with Crippen LogP contribution in [0.25, 0.3) is 0 Å². The second-order valence-corrected chi connectivity index (χ2v) is 6.75. The second-order valence-electron chi connectivity index (χ2n) is 6.75. The smallest absolute Gasteiger partial charge is 0.169 e. The molecule has 27 heavy (non-hydrogen) atoms. The molecule has 0 amide bonds. The van der Waals surface area contributed by atoms with Gasteiger partial charge < -0.3 is 5.32 Å². The Morgan fingerprint density at radius 1 is 0.667 bits per heavy atom. The van der Waals surface area contributed by atoms with Crippen LogP contribution in [0.15, 0.2) is 70.9 Å². The Balaban J connectivity index is 1.76. The van der Waals surface area contributed by atoms with Gasteiger partial charge in [0.25, 0.3) is 0 Å². The van der Waals surface area contributed by atoms with Gasteiger partial charge in [0.2, 0.25) is 0 Å². The number of rotatable bonds is 3. The third kappa shape index (κ3) is 3.77. The van der Waals surface area contributed by atoms with Crippen molar-refractivity contribution in [3.8, 4) is 0 Å². The van der Waals surface area contributed by atoms with Crippen molar-refractivity contribution >= 4 is 11.7 Å². The molecule has 0 saturated heterocycles. The quantitative estimate of drug-likeness (QED) is 0.775. The van der Waals surface area contributed by atoms with E-state index in [4.69, 9.17) is 9.98 Å². The third-order valence-electron chi connectivity index (χ3n) is 4.49. The maximum absolute atomic E-state index is 4.85. The van der Waals surface area contributed by atoms with Gasteiger partial charge in [0.1, 0.15) is 17.5 Å². The van der Waals surface area contributed by atoms with E-state index in [2.05, 4.69) is 77.7 Å². The standard InChI is InChI=1S/C22H21N5/c1-14-4-8-17(9-5-14)20-25-21(18-10-6-15(2)7-11-18)27-22(26-20)19-12-23-16(3)24-13-19/h4-13,20H,1-3H3,(H,25,26,27). The van der Waals surface area contributed by atoms with Crippen LogP contribution < -0.4 is 5.32 Å². The van der Waals surface area contributed by atoms with E-state index in [-0.39, 0.29) is 6.17 Å². The fourth-order valence-corrected chi connectivity index (χ4v) is 2.86. The topological polar surface area (TPSA) is 62.5 Å². The zero-order valence-corrected chi connectivity index (χ0v) is 15.6. The molecule has 5 nitrogen and oxygen atoms in total. The van der Waals surface area contributed by atoms with E-state index in [0.29, 0.717) is 0 Å². The largest absolute Gasteiger partial charge is 0.324 e. The first kappa shape index (κ1) is 17.1. The predicted octanol–water partition coefficient (Wildman–Crippen LogP) is 3.90. The van der Waals surface area contributed by atoms with E-state index in [1.54, 1.807) is 12.4 Å². The van der Waals surface area contributed by atoms with Crippen LogP contribution in [-0.2, 0) is 0 Å². The predicted molar refractivity (Wildman–Crippen MR) is 108 cm³/mol. The minimum absolute atomic E-state index is 0.306.